The van der Waals surface area contributed by atoms with E-state index in [1.807, 2.05) is 12.1 Å². The van der Waals surface area contributed by atoms with Crippen LogP contribution in [-0.4, -0.2) is 24.5 Å². The number of nitrogens with zero attached hydrogens (tertiary/aromatic N) is 2. The zero-order valence-electron chi connectivity index (χ0n) is 17.6. The summed E-state index contributed by atoms with van der Waals surface area (Å²) in [5.74, 6) is 0.0919. The predicted molar refractivity (Wildman–Crippen MR) is 118 cm³/mol. The van der Waals surface area contributed by atoms with Crippen LogP contribution in [0, 0.1) is 21.4 Å². The van der Waals surface area contributed by atoms with Gasteiger partial charge in [-0.25, -0.2) is 0 Å². The molecule has 8 nitrogen and oxygen atoms in total. The van der Waals surface area contributed by atoms with Gasteiger partial charge in [0.15, 0.2) is 0 Å². The first kappa shape index (κ1) is 23.4. The van der Waals surface area contributed by atoms with Crippen molar-refractivity contribution >= 4 is 23.4 Å². The van der Waals surface area contributed by atoms with E-state index in [0.29, 0.717) is 17.9 Å². The number of methoxy groups -OCH3 is 1. The molecule has 162 valence electrons. The molecule has 1 N–H and O–H groups in total. The van der Waals surface area contributed by atoms with Crippen LogP contribution in [0.5, 0.6) is 11.5 Å². The van der Waals surface area contributed by atoms with Crippen molar-refractivity contribution in [2.24, 2.45) is 0 Å². The molecule has 0 saturated carbocycles. The molecule has 0 bridgehead atoms. The van der Waals surface area contributed by atoms with Crippen LogP contribution in [-0.2, 0) is 4.79 Å². The Morgan fingerprint density at radius 1 is 1.23 bits per heavy atom. The molecule has 0 radical (unpaired) electrons. The third-order valence-corrected chi connectivity index (χ3v) is 4.49. The summed E-state index contributed by atoms with van der Waals surface area (Å²) in [4.78, 5) is 23.3. The quantitative estimate of drug-likeness (QED) is 0.177. The van der Waals surface area contributed by atoms with E-state index in [2.05, 4.69) is 12.2 Å². The molecule has 0 unspecified atom stereocenters. The number of amides is 1. The number of para-hydroxylation sites is 1. The maximum absolute atomic E-state index is 12.6. The van der Waals surface area contributed by atoms with Crippen LogP contribution in [0.1, 0.15) is 38.2 Å². The Morgan fingerprint density at radius 3 is 2.68 bits per heavy atom. The SMILES string of the molecule is CCCCCCOc1ccccc1/C=C(\C#N)C(=O)Nc1ccc(OC)cc1[N+](=O)[O-]. The lowest BCUT2D eigenvalue weighted by Gasteiger charge is -2.10. The van der Waals surface area contributed by atoms with Gasteiger partial charge in [0.1, 0.15) is 28.8 Å². The lowest BCUT2D eigenvalue weighted by atomic mass is 10.1. The Morgan fingerprint density at radius 2 is 2.00 bits per heavy atom. The van der Waals surface area contributed by atoms with Crippen LogP contribution in [0.25, 0.3) is 6.08 Å². The summed E-state index contributed by atoms with van der Waals surface area (Å²) >= 11 is 0. The van der Waals surface area contributed by atoms with Gasteiger partial charge >= 0.3 is 0 Å². The second-order valence-corrected chi connectivity index (χ2v) is 6.71. The van der Waals surface area contributed by atoms with E-state index in [1.54, 1.807) is 18.2 Å². The van der Waals surface area contributed by atoms with Gasteiger partial charge in [0.05, 0.1) is 24.7 Å². The molecule has 2 aromatic carbocycles. The van der Waals surface area contributed by atoms with Crippen molar-refractivity contribution in [3.05, 3.63) is 63.7 Å². The summed E-state index contributed by atoms with van der Waals surface area (Å²) in [5.41, 5.74) is 0.0132. The van der Waals surface area contributed by atoms with Gasteiger partial charge in [0.2, 0.25) is 0 Å². The van der Waals surface area contributed by atoms with Crippen molar-refractivity contribution in [2.45, 2.75) is 32.6 Å². The molecule has 0 aromatic heterocycles. The standard InChI is InChI=1S/C23H25N3O5/c1-3-4-5-8-13-31-22-10-7-6-9-17(22)14-18(16-24)23(27)25-20-12-11-19(30-2)15-21(20)26(28)29/h6-7,9-12,14-15H,3-5,8,13H2,1-2H3,(H,25,27)/b18-14+. The molecule has 2 aromatic rings. The van der Waals surface area contributed by atoms with Crippen molar-refractivity contribution in [3.63, 3.8) is 0 Å². The first-order valence-electron chi connectivity index (χ1n) is 9.97. The molecular formula is C23H25N3O5. The molecule has 1 amide bonds. The maximum Gasteiger partial charge on any atom is 0.296 e. The number of nitrogens with one attached hydrogen (secondary N) is 1. The molecule has 0 aliphatic heterocycles. The monoisotopic (exact) mass is 423 g/mol. The number of hydrogen-bond donors (Lipinski definition) is 1. The van der Waals surface area contributed by atoms with E-state index in [9.17, 15) is 20.2 Å². The van der Waals surface area contributed by atoms with Crippen molar-refractivity contribution in [3.8, 4) is 17.6 Å². The minimum absolute atomic E-state index is 0.0302. The van der Waals surface area contributed by atoms with Crippen molar-refractivity contribution in [1.82, 2.24) is 0 Å². The van der Waals surface area contributed by atoms with Crippen LogP contribution >= 0.6 is 0 Å². The van der Waals surface area contributed by atoms with E-state index in [1.165, 1.54) is 31.4 Å². The molecule has 0 fully saturated rings. The number of unbranched alkanes of at least 4 members (excludes halogenated alkanes) is 3. The van der Waals surface area contributed by atoms with E-state index in [0.717, 1.165) is 25.7 Å². The highest BCUT2D eigenvalue weighted by atomic mass is 16.6. The second-order valence-electron chi connectivity index (χ2n) is 6.71. The fourth-order valence-electron chi connectivity index (χ4n) is 2.83. The highest BCUT2D eigenvalue weighted by Gasteiger charge is 2.19. The predicted octanol–water partition coefficient (Wildman–Crippen LogP) is 5.11. The summed E-state index contributed by atoms with van der Waals surface area (Å²) in [6.45, 7) is 2.67. The first-order chi connectivity index (χ1) is 15.0. The topological polar surface area (TPSA) is 114 Å². The number of carbonyl (C=O) groups is 1. The molecule has 31 heavy (non-hydrogen) atoms. The Balaban J connectivity index is 2.20. The lowest BCUT2D eigenvalue weighted by molar-refractivity contribution is -0.384. The Bertz CT molecular complexity index is 995. The largest absolute Gasteiger partial charge is 0.496 e. The molecule has 0 spiro atoms. The highest BCUT2D eigenvalue weighted by molar-refractivity contribution is 6.10. The first-order valence-corrected chi connectivity index (χ1v) is 9.97. The number of nitriles is 1. The molecule has 0 heterocycles. The van der Waals surface area contributed by atoms with Gasteiger partial charge in [-0.05, 0) is 30.7 Å². The Hall–Kier alpha value is -3.86. The number of rotatable bonds is 11. The molecule has 2 rings (SSSR count). The number of benzene rings is 2. The average Bonchev–Trinajstić information content (AvgIpc) is 2.78. The smallest absolute Gasteiger partial charge is 0.296 e. The van der Waals surface area contributed by atoms with Gasteiger partial charge in [0, 0.05) is 5.56 Å². The van der Waals surface area contributed by atoms with Crippen LogP contribution in [0.2, 0.25) is 0 Å². The van der Waals surface area contributed by atoms with E-state index in [-0.39, 0.29) is 22.7 Å². The fourth-order valence-corrected chi connectivity index (χ4v) is 2.83. The van der Waals surface area contributed by atoms with Crippen molar-refractivity contribution in [1.29, 1.82) is 5.26 Å². The van der Waals surface area contributed by atoms with Crippen molar-refractivity contribution in [2.75, 3.05) is 19.0 Å². The zero-order valence-corrected chi connectivity index (χ0v) is 17.6. The maximum atomic E-state index is 12.6. The summed E-state index contributed by atoms with van der Waals surface area (Å²) < 4.78 is 10.8. The zero-order chi connectivity index (χ0) is 22.6. The molecule has 0 aliphatic rings. The van der Waals surface area contributed by atoms with Crippen LogP contribution in [0.15, 0.2) is 48.0 Å². The number of hydrogen-bond acceptors (Lipinski definition) is 6. The number of nitro groups is 1. The Kier molecular flexibility index (Phi) is 9.05. The van der Waals surface area contributed by atoms with Crippen LogP contribution in [0.3, 0.4) is 0 Å². The summed E-state index contributed by atoms with van der Waals surface area (Å²) in [7, 11) is 1.39. The number of carbonyl (C=O) groups excluding carboxylic acids is 1. The summed E-state index contributed by atoms with van der Waals surface area (Å²) in [6, 6.07) is 13.0. The summed E-state index contributed by atoms with van der Waals surface area (Å²) in [6.07, 6.45) is 5.67. The molecule has 0 atom stereocenters. The van der Waals surface area contributed by atoms with Gasteiger partial charge in [-0.2, -0.15) is 5.26 Å². The number of anilines is 1. The highest BCUT2D eigenvalue weighted by Crippen LogP contribution is 2.29. The molecule has 0 saturated heterocycles. The minimum Gasteiger partial charge on any atom is -0.496 e. The van der Waals surface area contributed by atoms with Crippen LogP contribution in [0.4, 0.5) is 11.4 Å². The Labute approximate surface area is 181 Å². The normalized spacial score (nSPS) is 10.8. The van der Waals surface area contributed by atoms with Gasteiger partial charge < -0.3 is 14.8 Å². The summed E-state index contributed by atoms with van der Waals surface area (Å²) in [5, 5.41) is 23.2. The second kappa shape index (κ2) is 12.0. The van der Waals surface area contributed by atoms with E-state index in [4.69, 9.17) is 9.47 Å². The average molecular weight is 423 g/mol. The third-order valence-electron chi connectivity index (χ3n) is 4.49. The van der Waals surface area contributed by atoms with Crippen molar-refractivity contribution < 1.29 is 19.2 Å². The molecule has 8 heteroatoms. The van der Waals surface area contributed by atoms with E-state index < -0.39 is 10.8 Å². The van der Waals surface area contributed by atoms with Gasteiger partial charge in [-0.1, -0.05) is 44.4 Å². The van der Waals surface area contributed by atoms with Gasteiger partial charge in [-0.3, -0.25) is 14.9 Å². The molecular weight excluding hydrogens is 398 g/mol. The lowest BCUT2D eigenvalue weighted by Crippen LogP contribution is -2.14. The third kappa shape index (κ3) is 6.85. The number of ether oxygens (including phenoxy) is 2. The fraction of sp³-hybridized carbons (Fsp3) is 0.304. The van der Waals surface area contributed by atoms with Gasteiger partial charge in [-0.15, -0.1) is 0 Å². The number of nitro benzene ring substituents is 1. The molecule has 0 aliphatic carbocycles. The van der Waals surface area contributed by atoms with Crippen LogP contribution < -0.4 is 14.8 Å². The van der Waals surface area contributed by atoms with Gasteiger partial charge in [0.25, 0.3) is 11.6 Å². The minimum atomic E-state index is -0.756. The van der Waals surface area contributed by atoms with E-state index >= 15 is 0 Å².